The smallest absolute Gasteiger partial charge is 0.204 e. The lowest BCUT2D eigenvalue weighted by molar-refractivity contribution is 0.415. The largest absolute Gasteiger partial charge is 0.497 e. The molecule has 0 aliphatic heterocycles. The van der Waals surface area contributed by atoms with Crippen LogP contribution in [0.1, 0.15) is 5.56 Å². The van der Waals surface area contributed by atoms with Crippen LogP contribution >= 0.6 is 0 Å². The number of rotatable bonds is 4. The van der Waals surface area contributed by atoms with Crippen LogP contribution in [0.3, 0.4) is 0 Å². The summed E-state index contributed by atoms with van der Waals surface area (Å²) < 4.78 is 42.9. The van der Waals surface area contributed by atoms with Gasteiger partial charge >= 0.3 is 0 Å². The summed E-state index contributed by atoms with van der Waals surface area (Å²) in [5, 5.41) is 0.854. The Morgan fingerprint density at radius 1 is 1.14 bits per heavy atom. The van der Waals surface area contributed by atoms with Crippen LogP contribution in [0.25, 0.3) is 5.70 Å². The molecule has 0 unspecified atom stereocenters. The van der Waals surface area contributed by atoms with Crippen LogP contribution in [-0.2, 0) is 9.84 Å². The Labute approximate surface area is 122 Å². The van der Waals surface area contributed by atoms with Crippen molar-refractivity contribution in [2.75, 3.05) is 7.11 Å². The predicted molar refractivity (Wildman–Crippen MR) is 78.7 cm³/mol. The van der Waals surface area contributed by atoms with Crippen molar-refractivity contribution in [1.29, 1.82) is 0 Å². The summed E-state index contributed by atoms with van der Waals surface area (Å²) in [6.07, 6.45) is 0. The van der Waals surface area contributed by atoms with Crippen molar-refractivity contribution in [3.63, 3.8) is 0 Å². The van der Waals surface area contributed by atoms with E-state index in [-0.39, 0.29) is 5.70 Å². The molecule has 0 aromatic heterocycles. The molecule has 0 bridgehead atoms. The minimum Gasteiger partial charge on any atom is -0.497 e. The molecule has 0 aliphatic rings. The summed E-state index contributed by atoms with van der Waals surface area (Å²) in [4.78, 5) is -0.401. The average molecular weight is 307 g/mol. The molecule has 4 nitrogen and oxygen atoms in total. The van der Waals surface area contributed by atoms with Gasteiger partial charge in [-0.1, -0.05) is 12.1 Å². The summed E-state index contributed by atoms with van der Waals surface area (Å²) >= 11 is 0. The molecule has 2 N–H and O–H groups in total. The number of hydrogen-bond acceptors (Lipinski definition) is 4. The van der Waals surface area contributed by atoms with E-state index in [1.54, 1.807) is 24.3 Å². The van der Waals surface area contributed by atoms with Gasteiger partial charge in [0.1, 0.15) is 16.5 Å². The van der Waals surface area contributed by atoms with Gasteiger partial charge in [-0.05, 0) is 42.0 Å². The van der Waals surface area contributed by atoms with E-state index in [1.165, 1.54) is 25.3 Å². The molecule has 0 saturated heterocycles. The monoisotopic (exact) mass is 307 g/mol. The minimum atomic E-state index is -3.95. The van der Waals surface area contributed by atoms with Crippen molar-refractivity contribution in [2.24, 2.45) is 5.73 Å². The highest BCUT2D eigenvalue weighted by Crippen LogP contribution is 2.21. The van der Waals surface area contributed by atoms with Gasteiger partial charge < -0.3 is 10.5 Å². The maximum Gasteiger partial charge on any atom is 0.204 e. The number of halogens is 1. The molecule has 2 aromatic rings. The number of methoxy groups -OCH3 is 1. The molecule has 0 heterocycles. The lowest BCUT2D eigenvalue weighted by Crippen LogP contribution is -2.05. The fraction of sp³-hybridized carbons (Fsp3) is 0.0667. The van der Waals surface area contributed by atoms with E-state index in [2.05, 4.69) is 0 Å². The Balaban J connectivity index is 2.39. The van der Waals surface area contributed by atoms with E-state index in [4.69, 9.17) is 10.5 Å². The van der Waals surface area contributed by atoms with Crippen molar-refractivity contribution < 1.29 is 17.5 Å². The quantitative estimate of drug-likeness (QED) is 0.942. The molecule has 0 aliphatic carbocycles. The van der Waals surface area contributed by atoms with E-state index in [9.17, 15) is 12.8 Å². The molecule has 0 atom stereocenters. The highest BCUT2D eigenvalue weighted by molar-refractivity contribution is 7.94. The Kier molecular flexibility index (Phi) is 4.28. The minimum absolute atomic E-state index is 0.0286. The molecule has 0 amide bonds. The van der Waals surface area contributed by atoms with Crippen molar-refractivity contribution in [2.45, 2.75) is 4.90 Å². The topological polar surface area (TPSA) is 69.4 Å². The first kappa shape index (κ1) is 15.1. The van der Waals surface area contributed by atoms with Crippen molar-refractivity contribution >= 4 is 15.5 Å². The fourth-order valence-electron chi connectivity index (χ4n) is 1.76. The third-order valence-electron chi connectivity index (χ3n) is 2.85. The predicted octanol–water partition coefficient (Wildman–Crippen LogP) is 2.57. The van der Waals surface area contributed by atoms with Crippen molar-refractivity contribution in [1.82, 2.24) is 0 Å². The fourth-order valence-corrected chi connectivity index (χ4v) is 2.96. The summed E-state index contributed by atoms with van der Waals surface area (Å²) in [6, 6.07) is 11.7. The number of ether oxygens (including phenoxy) is 1. The van der Waals surface area contributed by atoms with Gasteiger partial charge in [0.25, 0.3) is 0 Å². The third-order valence-corrected chi connectivity index (χ3v) is 4.36. The summed E-state index contributed by atoms with van der Waals surface area (Å²) in [7, 11) is -2.42. The Morgan fingerprint density at radius 2 is 1.76 bits per heavy atom. The average Bonchev–Trinajstić information content (AvgIpc) is 2.47. The molecular weight excluding hydrogens is 293 g/mol. The SMILES string of the molecule is COc1ccc(/C(N)=C/S(=O)(=O)c2ccccc2F)cc1. The Hall–Kier alpha value is -2.34. The maximum atomic E-state index is 13.6. The molecule has 0 fully saturated rings. The van der Waals surface area contributed by atoms with Gasteiger partial charge in [0.05, 0.1) is 18.2 Å². The Morgan fingerprint density at radius 3 is 2.33 bits per heavy atom. The number of sulfone groups is 1. The zero-order valence-corrected chi connectivity index (χ0v) is 12.1. The zero-order valence-electron chi connectivity index (χ0n) is 11.3. The van der Waals surface area contributed by atoms with Crippen molar-refractivity contribution in [3.05, 3.63) is 65.3 Å². The standard InChI is InChI=1S/C15H14FNO3S/c1-20-12-8-6-11(7-9-12)14(17)10-21(18,19)15-5-3-2-4-13(15)16/h2-10H,17H2,1H3/b14-10-. The highest BCUT2D eigenvalue weighted by Gasteiger charge is 2.17. The maximum absolute atomic E-state index is 13.6. The van der Waals surface area contributed by atoms with E-state index < -0.39 is 20.5 Å². The second-order valence-corrected chi connectivity index (χ2v) is 6.04. The molecule has 0 saturated carbocycles. The van der Waals surface area contributed by atoms with Crippen LogP contribution in [0.5, 0.6) is 5.75 Å². The summed E-state index contributed by atoms with van der Waals surface area (Å²) in [5.41, 5.74) is 6.32. The second kappa shape index (κ2) is 5.97. The normalized spacial score (nSPS) is 12.2. The van der Waals surface area contributed by atoms with Gasteiger partial charge in [0.15, 0.2) is 0 Å². The molecule has 0 radical (unpaired) electrons. The number of nitrogens with two attached hydrogens (primary N) is 1. The summed E-state index contributed by atoms with van der Waals surface area (Å²) in [6.45, 7) is 0. The molecule has 0 spiro atoms. The molecule has 21 heavy (non-hydrogen) atoms. The Bertz CT molecular complexity index is 768. The first-order valence-corrected chi connectivity index (χ1v) is 7.60. The van der Waals surface area contributed by atoms with E-state index in [1.807, 2.05) is 0 Å². The van der Waals surface area contributed by atoms with E-state index >= 15 is 0 Å². The van der Waals surface area contributed by atoms with Gasteiger partial charge in [0, 0.05) is 0 Å². The first-order valence-electron chi connectivity index (χ1n) is 6.05. The number of hydrogen-bond donors (Lipinski definition) is 1. The van der Waals surface area contributed by atoms with Gasteiger partial charge in [-0.15, -0.1) is 0 Å². The van der Waals surface area contributed by atoms with Crippen LogP contribution in [0.4, 0.5) is 4.39 Å². The van der Waals surface area contributed by atoms with Crippen LogP contribution < -0.4 is 10.5 Å². The van der Waals surface area contributed by atoms with Crippen LogP contribution in [0, 0.1) is 5.82 Å². The second-order valence-electron chi connectivity index (χ2n) is 4.28. The number of benzene rings is 2. The molecular formula is C15H14FNO3S. The first-order chi connectivity index (χ1) is 9.94. The molecule has 6 heteroatoms. The highest BCUT2D eigenvalue weighted by atomic mass is 32.2. The van der Waals surface area contributed by atoms with Gasteiger partial charge in [0.2, 0.25) is 9.84 Å². The van der Waals surface area contributed by atoms with Crippen LogP contribution in [-0.4, -0.2) is 15.5 Å². The van der Waals surface area contributed by atoms with Gasteiger partial charge in [-0.25, -0.2) is 12.8 Å². The van der Waals surface area contributed by atoms with Gasteiger partial charge in [-0.2, -0.15) is 0 Å². The zero-order chi connectivity index (χ0) is 15.5. The van der Waals surface area contributed by atoms with E-state index in [0.717, 1.165) is 11.5 Å². The summed E-state index contributed by atoms with van der Waals surface area (Å²) in [5.74, 6) is -0.181. The van der Waals surface area contributed by atoms with E-state index in [0.29, 0.717) is 11.3 Å². The van der Waals surface area contributed by atoms with Crippen LogP contribution in [0.2, 0.25) is 0 Å². The molecule has 2 rings (SSSR count). The van der Waals surface area contributed by atoms with Gasteiger partial charge in [-0.3, -0.25) is 0 Å². The third kappa shape index (κ3) is 3.41. The van der Waals surface area contributed by atoms with Crippen molar-refractivity contribution in [3.8, 4) is 5.75 Å². The lowest BCUT2D eigenvalue weighted by Gasteiger charge is -2.05. The van der Waals surface area contributed by atoms with Crippen LogP contribution in [0.15, 0.2) is 58.8 Å². The lowest BCUT2D eigenvalue weighted by atomic mass is 10.2. The molecule has 2 aromatic carbocycles. The molecule has 110 valence electrons.